The van der Waals surface area contributed by atoms with E-state index in [0.717, 1.165) is 77.0 Å². The van der Waals surface area contributed by atoms with Gasteiger partial charge in [-0.15, -0.1) is 0 Å². The Morgan fingerprint density at radius 1 is 0.418 bits per heavy atom. The average Bonchev–Trinajstić information content (AvgIpc) is 3.19. The molecule has 0 N–H and O–H groups in total. The minimum atomic E-state index is 0.0158. The second-order valence-electron chi connectivity index (χ2n) is 17.2. The smallest absolute Gasteiger partial charge is 0.305 e. The molecule has 0 rings (SSSR count). The Labute approximate surface area is 346 Å². The monoisotopic (exact) mass is 780 g/mol. The van der Waals surface area contributed by atoms with Crippen LogP contribution in [0, 0.1) is 11.8 Å². The highest BCUT2D eigenvalue weighted by Gasteiger charge is 2.13. The third kappa shape index (κ3) is 38.6. The number of ether oxygens (including phenoxy) is 3. The van der Waals surface area contributed by atoms with E-state index in [4.69, 9.17) is 14.2 Å². The molecule has 55 heavy (non-hydrogen) atoms. The minimum absolute atomic E-state index is 0.0158. The maximum Gasteiger partial charge on any atom is 0.305 e. The lowest BCUT2D eigenvalue weighted by atomic mass is 9.92. The zero-order chi connectivity index (χ0) is 40.3. The maximum absolute atomic E-state index is 12.4. The molecule has 5 heteroatoms. The summed E-state index contributed by atoms with van der Waals surface area (Å²) in [5.74, 6) is 1.62. The van der Waals surface area contributed by atoms with Gasteiger partial charge >= 0.3 is 5.97 Å². The van der Waals surface area contributed by atoms with Crippen molar-refractivity contribution in [2.24, 2.45) is 11.8 Å². The molecule has 0 aliphatic rings. The molecule has 0 amide bonds. The van der Waals surface area contributed by atoms with Gasteiger partial charge in [0.2, 0.25) is 0 Å². The van der Waals surface area contributed by atoms with E-state index in [1.165, 1.54) is 180 Å². The van der Waals surface area contributed by atoms with Crippen molar-refractivity contribution in [1.29, 1.82) is 0 Å². The molecule has 0 aromatic heterocycles. The lowest BCUT2D eigenvalue weighted by Gasteiger charge is -2.21. The molecule has 0 spiro atoms. The predicted octanol–water partition coefficient (Wildman–Crippen LogP) is 15.5. The van der Waals surface area contributed by atoms with Gasteiger partial charge in [-0.25, -0.2) is 0 Å². The first-order valence-corrected chi connectivity index (χ1v) is 25.1. The quantitative estimate of drug-likeness (QED) is 0.0455. The highest BCUT2D eigenvalue weighted by atomic mass is 16.5. The molecule has 0 saturated heterocycles. The number of rotatable bonds is 46. The molecule has 5 nitrogen and oxygen atoms in total. The largest absolute Gasteiger partial charge is 0.466 e. The number of hydrogen-bond acceptors (Lipinski definition) is 5. The van der Waals surface area contributed by atoms with E-state index < -0.39 is 0 Å². The van der Waals surface area contributed by atoms with Crippen LogP contribution in [0.25, 0.3) is 0 Å². The van der Waals surface area contributed by atoms with Crippen LogP contribution in [-0.4, -0.2) is 63.0 Å². The van der Waals surface area contributed by atoms with E-state index in [9.17, 15) is 4.79 Å². The van der Waals surface area contributed by atoms with Gasteiger partial charge in [0.05, 0.1) is 12.7 Å². The van der Waals surface area contributed by atoms with Crippen molar-refractivity contribution in [1.82, 2.24) is 4.90 Å². The molecule has 1 atom stereocenters. The summed E-state index contributed by atoms with van der Waals surface area (Å²) in [7, 11) is 0. The van der Waals surface area contributed by atoms with Gasteiger partial charge in [0.25, 0.3) is 0 Å². The Hall–Kier alpha value is -0.650. The third-order valence-electron chi connectivity index (χ3n) is 12.2. The molecule has 0 radical (unpaired) electrons. The molecule has 0 aliphatic heterocycles. The van der Waals surface area contributed by atoms with Crippen molar-refractivity contribution in [3.8, 4) is 0 Å². The van der Waals surface area contributed by atoms with Crippen LogP contribution in [0.4, 0.5) is 0 Å². The van der Waals surface area contributed by atoms with E-state index in [2.05, 4.69) is 46.4 Å². The number of carbonyl (C=O) groups is 1. The number of carbonyl (C=O) groups excluding carboxylic acids is 1. The van der Waals surface area contributed by atoms with Crippen LogP contribution in [0.1, 0.15) is 253 Å². The topological polar surface area (TPSA) is 48.0 Å². The van der Waals surface area contributed by atoms with Crippen molar-refractivity contribution >= 4 is 5.97 Å². The molecule has 1 unspecified atom stereocenters. The first-order valence-electron chi connectivity index (χ1n) is 25.1. The molecule has 0 heterocycles. The molecular formula is C50H101NO4. The summed E-state index contributed by atoms with van der Waals surface area (Å²) < 4.78 is 18.3. The van der Waals surface area contributed by atoms with Gasteiger partial charge < -0.3 is 19.1 Å². The summed E-state index contributed by atoms with van der Waals surface area (Å²) in [6.45, 7) is 20.5. The fourth-order valence-electron chi connectivity index (χ4n) is 8.21. The van der Waals surface area contributed by atoms with E-state index >= 15 is 0 Å². The van der Waals surface area contributed by atoms with Crippen molar-refractivity contribution < 1.29 is 19.0 Å². The molecule has 0 saturated carbocycles. The Bertz CT molecular complexity index is 723. The summed E-state index contributed by atoms with van der Waals surface area (Å²) in [6, 6.07) is 0. The van der Waals surface area contributed by atoms with E-state index in [1.54, 1.807) is 0 Å². The molecular weight excluding hydrogens is 679 g/mol. The highest BCUT2D eigenvalue weighted by molar-refractivity contribution is 5.69. The lowest BCUT2D eigenvalue weighted by molar-refractivity contribution is -0.144. The molecule has 330 valence electrons. The van der Waals surface area contributed by atoms with E-state index in [0.29, 0.717) is 19.1 Å². The normalized spacial score (nSPS) is 12.5. The van der Waals surface area contributed by atoms with Crippen molar-refractivity contribution in [2.45, 2.75) is 260 Å². The summed E-state index contributed by atoms with van der Waals surface area (Å²) in [4.78, 5) is 14.9. The van der Waals surface area contributed by atoms with E-state index in [-0.39, 0.29) is 5.97 Å². The zero-order valence-electron chi connectivity index (χ0n) is 38.6. The molecule has 0 fully saturated rings. The van der Waals surface area contributed by atoms with Crippen molar-refractivity contribution in [2.75, 3.05) is 46.1 Å². The molecule has 0 aromatic carbocycles. The standard InChI is InChI=1S/C50H101NO4/c1-7-13-24-33-47(34-25-14-8-2)40-45-53-43-31-23-18-17-20-28-37-49(54-44-32-42-51(11-5)12-6)38-29-21-19-22-30-39-50(52)55-46-41-48(35-26-15-9-3)36-27-16-10-4/h47-49H,7-46H2,1-6H3. The summed E-state index contributed by atoms with van der Waals surface area (Å²) in [6.07, 6.45) is 41.9. The number of unbranched alkanes of at least 4 members (excludes halogenated alkanes) is 17. The third-order valence-corrected chi connectivity index (χ3v) is 12.2. The van der Waals surface area contributed by atoms with Gasteiger partial charge in [-0.2, -0.15) is 0 Å². The second-order valence-corrected chi connectivity index (χ2v) is 17.2. The minimum Gasteiger partial charge on any atom is -0.466 e. The predicted molar refractivity (Wildman–Crippen MR) is 241 cm³/mol. The summed E-state index contributed by atoms with van der Waals surface area (Å²) in [5, 5.41) is 0. The van der Waals surface area contributed by atoms with Crippen LogP contribution in [-0.2, 0) is 19.0 Å². The zero-order valence-corrected chi connectivity index (χ0v) is 38.6. The van der Waals surface area contributed by atoms with Gasteiger partial charge in [-0.3, -0.25) is 4.79 Å². The lowest BCUT2D eigenvalue weighted by Crippen LogP contribution is -2.25. The van der Waals surface area contributed by atoms with Gasteiger partial charge in [0.15, 0.2) is 0 Å². The molecule has 0 aromatic rings. The second kappa shape index (κ2) is 44.5. The SMILES string of the molecule is CCCCCC(CCCCC)CCOCCCCCCCCC(CCCCCCCC(=O)OCCC(CCCCC)CCCCC)OCCCN(CC)CC. The van der Waals surface area contributed by atoms with Crippen LogP contribution in [0.5, 0.6) is 0 Å². The Kier molecular flexibility index (Phi) is 43.9. The average molecular weight is 780 g/mol. The first kappa shape index (κ1) is 54.3. The molecule has 0 aliphatic carbocycles. The van der Waals surface area contributed by atoms with Gasteiger partial charge in [0, 0.05) is 32.8 Å². The van der Waals surface area contributed by atoms with E-state index in [1.807, 2.05) is 0 Å². The maximum atomic E-state index is 12.4. The van der Waals surface area contributed by atoms with Gasteiger partial charge in [-0.1, -0.05) is 202 Å². The number of hydrogen-bond donors (Lipinski definition) is 0. The fourth-order valence-corrected chi connectivity index (χ4v) is 8.21. The van der Waals surface area contributed by atoms with Crippen LogP contribution in [0.2, 0.25) is 0 Å². The van der Waals surface area contributed by atoms with Crippen LogP contribution >= 0.6 is 0 Å². The van der Waals surface area contributed by atoms with Crippen LogP contribution in [0.3, 0.4) is 0 Å². The first-order chi connectivity index (χ1) is 27.0. The summed E-state index contributed by atoms with van der Waals surface area (Å²) >= 11 is 0. The number of nitrogens with zero attached hydrogens (tertiary/aromatic N) is 1. The fraction of sp³-hybridized carbons (Fsp3) is 0.980. The van der Waals surface area contributed by atoms with Crippen molar-refractivity contribution in [3.63, 3.8) is 0 Å². The Morgan fingerprint density at radius 2 is 0.855 bits per heavy atom. The van der Waals surface area contributed by atoms with Gasteiger partial charge in [-0.05, 0) is 69.9 Å². The molecule has 0 bridgehead atoms. The van der Waals surface area contributed by atoms with Crippen LogP contribution in [0.15, 0.2) is 0 Å². The Morgan fingerprint density at radius 3 is 1.35 bits per heavy atom. The van der Waals surface area contributed by atoms with Gasteiger partial charge in [0.1, 0.15) is 0 Å². The summed E-state index contributed by atoms with van der Waals surface area (Å²) in [5.41, 5.74) is 0. The number of esters is 1. The highest BCUT2D eigenvalue weighted by Crippen LogP contribution is 2.23. The Balaban J connectivity index is 4.22. The van der Waals surface area contributed by atoms with Crippen molar-refractivity contribution in [3.05, 3.63) is 0 Å². The van der Waals surface area contributed by atoms with Crippen LogP contribution < -0.4 is 0 Å².